The zero-order valence-corrected chi connectivity index (χ0v) is 9.52. The molecule has 4 heteroatoms. The number of benzene rings is 1. The molecule has 0 aliphatic heterocycles. The van der Waals surface area contributed by atoms with Crippen LogP contribution in [0.15, 0.2) is 17.5 Å². The van der Waals surface area contributed by atoms with Gasteiger partial charge in [0.2, 0.25) is 0 Å². The van der Waals surface area contributed by atoms with E-state index in [-0.39, 0.29) is 12.4 Å². The minimum atomic E-state index is -0.318. The van der Waals surface area contributed by atoms with Gasteiger partial charge in [0, 0.05) is 19.2 Å². The molecular weight excluding hydrogens is 302 g/mol. The van der Waals surface area contributed by atoms with Gasteiger partial charge in [0.1, 0.15) is 5.82 Å². The minimum absolute atomic E-state index is 0.240. The zero-order valence-electron chi connectivity index (χ0n) is 6.55. The van der Waals surface area contributed by atoms with Crippen LogP contribution in [-0.4, -0.2) is 5.11 Å². The van der Waals surface area contributed by atoms with Gasteiger partial charge in [-0.2, -0.15) is 0 Å². The number of hydrogen-bond acceptors (Lipinski definition) is 2. The summed E-state index contributed by atoms with van der Waals surface area (Å²) in [5, 5.41) is 11.9. The molecule has 0 atom stereocenters. The van der Waals surface area contributed by atoms with Gasteiger partial charge in [-0.25, -0.2) is 4.39 Å². The lowest BCUT2D eigenvalue weighted by molar-refractivity contribution is 0.275. The molecule has 0 radical (unpaired) electrons. The molecule has 0 aliphatic carbocycles. The Bertz CT molecular complexity index is 452. The van der Waals surface area contributed by atoms with Gasteiger partial charge in [0.25, 0.3) is 0 Å². The van der Waals surface area contributed by atoms with Crippen LogP contribution in [0.2, 0.25) is 0 Å². The summed E-state index contributed by atoms with van der Waals surface area (Å²) in [4.78, 5) is 0. The number of aliphatic hydroxyl groups is 1. The van der Waals surface area contributed by atoms with Gasteiger partial charge < -0.3 is 5.11 Å². The van der Waals surface area contributed by atoms with Crippen LogP contribution in [0.25, 0.3) is 10.1 Å². The van der Waals surface area contributed by atoms with E-state index in [4.69, 9.17) is 5.11 Å². The number of thiophene rings is 1. The van der Waals surface area contributed by atoms with Gasteiger partial charge in [-0.15, -0.1) is 11.3 Å². The van der Waals surface area contributed by atoms with Crippen molar-refractivity contribution in [2.75, 3.05) is 0 Å². The van der Waals surface area contributed by atoms with E-state index in [0.717, 1.165) is 13.7 Å². The third kappa shape index (κ3) is 1.47. The molecule has 1 aromatic carbocycles. The van der Waals surface area contributed by atoms with E-state index in [1.807, 2.05) is 11.4 Å². The topological polar surface area (TPSA) is 20.2 Å². The molecule has 0 bridgehead atoms. The summed E-state index contributed by atoms with van der Waals surface area (Å²) >= 11 is 3.58. The summed E-state index contributed by atoms with van der Waals surface area (Å²) in [5.41, 5.74) is 0.395. The Kier molecular flexibility index (Phi) is 2.53. The summed E-state index contributed by atoms with van der Waals surface area (Å²) in [6.07, 6.45) is 0. The lowest BCUT2D eigenvalue weighted by Gasteiger charge is -2.03. The molecule has 2 aromatic rings. The van der Waals surface area contributed by atoms with Crippen molar-refractivity contribution >= 4 is 44.0 Å². The molecule has 0 amide bonds. The summed E-state index contributed by atoms with van der Waals surface area (Å²) in [6.45, 7) is -0.240. The number of rotatable bonds is 1. The van der Waals surface area contributed by atoms with Crippen molar-refractivity contribution in [3.63, 3.8) is 0 Å². The highest BCUT2D eigenvalue weighted by atomic mass is 127. The molecule has 0 fully saturated rings. The second-order valence-electron chi connectivity index (χ2n) is 2.64. The average molecular weight is 308 g/mol. The van der Waals surface area contributed by atoms with E-state index < -0.39 is 0 Å². The highest BCUT2D eigenvalue weighted by Gasteiger charge is 2.10. The highest BCUT2D eigenvalue weighted by molar-refractivity contribution is 14.1. The van der Waals surface area contributed by atoms with E-state index in [0.29, 0.717) is 5.56 Å². The van der Waals surface area contributed by atoms with E-state index in [9.17, 15) is 4.39 Å². The van der Waals surface area contributed by atoms with Crippen molar-refractivity contribution in [2.45, 2.75) is 6.61 Å². The molecule has 0 spiro atoms. The molecule has 0 unspecified atom stereocenters. The molecule has 1 nitrogen and oxygen atoms in total. The van der Waals surface area contributed by atoms with E-state index in [2.05, 4.69) is 22.6 Å². The predicted octanol–water partition coefficient (Wildman–Crippen LogP) is 3.14. The van der Waals surface area contributed by atoms with Crippen molar-refractivity contribution in [2.24, 2.45) is 0 Å². The Labute approximate surface area is 92.3 Å². The van der Waals surface area contributed by atoms with Crippen LogP contribution < -0.4 is 0 Å². The fourth-order valence-electron chi connectivity index (χ4n) is 1.23. The third-order valence-corrected chi connectivity index (χ3v) is 4.00. The van der Waals surface area contributed by atoms with Crippen molar-refractivity contribution < 1.29 is 9.50 Å². The van der Waals surface area contributed by atoms with Crippen LogP contribution in [0.1, 0.15) is 5.56 Å². The first-order chi connectivity index (χ1) is 6.24. The SMILES string of the molecule is OCc1c(F)cc2sccc2c1I. The summed E-state index contributed by atoms with van der Waals surface area (Å²) < 4.78 is 15.0. The summed E-state index contributed by atoms with van der Waals surface area (Å²) in [5.74, 6) is -0.318. The van der Waals surface area contributed by atoms with Crippen LogP contribution in [0.3, 0.4) is 0 Å². The van der Waals surface area contributed by atoms with E-state index in [1.165, 1.54) is 17.4 Å². The van der Waals surface area contributed by atoms with Gasteiger partial charge >= 0.3 is 0 Å². The Morgan fingerprint density at radius 1 is 1.54 bits per heavy atom. The molecule has 68 valence electrons. The Morgan fingerprint density at radius 3 is 3.00 bits per heavy atom. The van der Waals surface area contributed by atoms with Gasteiger partial charge in [0.15, 0.2) is 0 Å². The molecule has 1 aromatic heterocycles. The fraction of sp³-hybridized carbons (Fsp3) is 0.111. The van der Waals surface area contributed by atoms with Gasteiger partial charge in [-0.1, -0.05) is 0 Å². The maximum atomic E-state index is 13.3. The zero-order chi connectivity index (χ0) is 9.42. The molecule has 1 N–H and O–H groups in total. The molecule has 1 heterocycles. The van der Waals surface area contributed by atoms with Crippen LogP contribution in [0.5, 0.6) is 0 Å². The van der Waals surface area contributed by atoms with Gasteiger partial charge in [0.05, 0.1) is 6.61 Å². The molecule has 13 heavy (non-hydrogen) atoms. The Morgan fingerprint density at radius 2 is 2.31 bits per heavy atom. The standard InChI is InChI=1S/C9H6FIOS/c10-7-3-8-5(1-2-13-8)9(11)6(7)4-12/h1-3,12H,4H2. The first-order valence-corrected chi connectivity index (χ1v) is 5.65. The van der Waals surface area contributed by atoms with Gasteiger partial charge in [-0.3, -0.25) is 0 Å². The largest absolute Gasteiger partial charge is 0.392 e. The molecular formula is C9H6FIOS. The maximum Gasteiger partial charge on any atom is 0.131 e. The number of aliphatic hydroxyl groups excluding tert-OH is 1. The number of halogens is 2. The van der Waals surface area contributed by atoms with Crippen molar-refractivity contribution in [3.05, 3.63) is 32.5 Å². The first kappa shape index (κ1) is 9.36. The van der Waals surface area contributed by atoms with E-state index >= 15 is 0 Å². The first-order valence-electron chi connectivity index (χ1n) is 3.69. The van der Waals surface area contributed by atoms with E-state index in [1.54, 1.807) is 0 Å². The molecule has 2 rings (SSSR count). The smallest absolute Gasteiger partial charge is 0.131 e. The Balaban J connectivity index is 2.85. The second-order valence-corrected chi connectivity index (χ2v) is 4.67. The van der Waals surface area contributed by atoms with Crippen LogP contribution in [0, 0.1) is 9.39 Å². The molecule has 0 aliphatic rings. The number of fused-ring (bicyclic) bond motifs is 1. The Hall–Kier alpha value is -0.200. The van der Waals surface area contributed by atoms with Gasteiger partial charge in [-0.05, 0) is 40.1 Å². The molecule has 0 saturated heterocycles. The lowest BCUT2D eigenvalue weighted by atomic mass is 10.2. The highest BCUT2D eigenvalue weighted by Crippen LogP contribution is 2.30. The number of hydrogen-bond donors (Lipinski definition) is 1. The minimum Gasteiger partial charge on any atom is -0.392 e. The second kappa shape index (κ2) is 3.51. The maximum absolute atomic E-state index is 13.3. The molecule has 0 saturated carbocycles. The van der Waals surface area contributed by atoms with Crippen LogP contribution >= 0.6 is 33.9 Å². The van der Waals surface area contributed by atoms with Crippen molar-refractivity contribution in [1.29, 1.82) is 0 Å². The summed E-state index contributed by atoms with van der Waals surface area (Å²) in [7, 11) is 0. The van der Waals surface area contributed by atoms with Crippen molar-refractivity contribution in [1.82, 2.24) is 0 Å². The quantitative estimate of drug-likeness (QED) is 0.803. The monoisotopic (exact) mass is 308 g/mol. The normalized spacial score (nSPS) is 11.0. The predicted molar refractivity (Wildman–Crippen MR) is 60.4 cm³/mol. The van der Waals surface area contributed by atoms with Crippen LogP contribution in [-0.2, 0) is 6.61 Å². The third-order valence-electron chi connectivity index (χ3n) is 1.90. The van der Waals surface area contributed by atoms with Crippen molar-refractivity contribution in [3.8, 4) is 0 Å². The fourth-order valence-corrected chi connectivity index (χ4v) is 3.13. The lowest BCUT2D eigenvalue weighted by Crippen LogP contribution is -1.93. The van der Waals surface area contributed by atoms with Crippen LogP contribution in [0.4, 0.5) is 4.39 Å². The average Bonchev–Trinajstić information content (AvgIpc) is 2.53. The summed E-state index contributed by atoms with van der Waals surface area (Å²) in [6, 6.07) is 3.42.